The molecule has 4 rings (SSSR count). The number of anilines is 1. The Bertz CT molecular complexity index is 1280. The highest BCUT2D eigenvalue weighted by Gasteiger charge is 2.19. The molecule has 2 heterocycles. The Morgan fingerprint density at radius 3 is 2.31 bits per heavy atom. The molecule has 0 aliphatic heterocycles. The van der Waals surface area contributed by atoms with Gasteiger partial charge < -0.3 is 15.2 Å². The fraction of sp³-hybridized carbons (Fsp3) is 0.276. The van der Waals surface area contributed by atoms with Gasteiger partial charge in [0, 0.05) is 18.0 Å². The Kier molecular flexibility index (Phi) is 8.00. The highest BCUT2D eigenvalue weighted by molar-refractivity contribution is 5.88. The summed E-state index contributed by atoms with van der Waals surface area (Å²) in [5.41, 5.74) is 12.3. The molecule has 7 heteroatoms. The van der Waals surface area contributed by atoms with E-state index < -0.39 is 0 Å². The van der Waals surface area contributed by atoms with Crippen molar-refractivity contribution in [3.8, 4) is 28.1 Å². The lowest BCUT2D eigenvalue weighted by Crippen LogP contribution is -2.11. The van der Waals surface area contributed by atoms with Gasteiger partial charge in [0.25, 0.3) is 0 Å². The lowest BCUT2D eigenvalue weighted by molar-refractivity contribution is -0.143. The second-order valence-corrected chi connectivity index (χ2v) is 8.83. The summed E-state index contributed by atoms with van der Waals surface area (Å²) >= 11 is 0. The topological polar surface area (TPSA) is 92.3 Å². The van der Waals surface area contributed by atoms with E-state index in [4.69, 9.17) is 20.3 Å². The molecular weight excluding hydrogens is 452 g/mol. The number of pyridine rings is 1. The zero-order valence-electron chi connectivity index (χ0n) is 21.0. The van der Waals surface area contributed by atoms with Gasteiger partial charge in [0.1, 0.15) is 23.9 Å². The maximum Gasteiger partial charge on any atom is 0.307 e. The molecule has 7 nitrogen and oxygen atoms in total. The summed E-state index contributed by atoms with van der Waals surface area (Å²) in [5, 5.41) is 4.73. The van der Waals surface area contributed by atoms with Crippen LogP contribution in [0.3, 0.4) is 0 Å². The van der Waals surface area contributed by atoms with Crippen LogP contribution in [0, 0.1) is 0 Å². The fourth-order valence-corrected chi connectivity index (χ4v) is 3.96. The maximum atomic E-state index is 11.9. The lowest BCUT2D eigenvalue weighted by atomic mass is 10.0. The third-order valence-electron chi connectivity index (χ3n) is 5.97. The molecule has 0 spiro atoms. The smallest absolute Gasteiger partial charge is 0.307 e. The third-order valence-corrected chi connectivity index (χ3v) is 5.97. The van der Waals surface area contributed by atoms with Crippen LogP contribution in [0.15, 0.2) is 73.1 Å². The summed E-state index contributed by atoms with van der Waals surface area (Å²) in [6, 6.07) is 20.1. The number of esters is 1. The molecule has 0 unspecified atom stereocenters. The van der Waals surface area contributed by atoms with E-state index in [0.29, 0.717) is 31.5 Å². The van der Waals surface area contributed by atoms with E-state index in [-0.39, 0.29) is 12.4 Å². The van der Waals surface area contributed by atoms with Crippen LogP contribution in [0.5, 0.6) is 5.75 Å². The number of aryl methyl sites for hydroxylation is 1. The molecule has 4 aromatic rings. The van der Waals surface area contributed by atoms with Crippen LogP contribution in [0.2, 0.25) is 0 Å². The molecule has 2 N–H and O–H groups in total. The van der Waals surface area contributed by atoms with Gasteiger partial charge in [-0.15, -0.1) is 0 Å². The third kappa shape index (κ3) is 5.92. The molecule has 0 amide bonds. The number of nitrogen functional groups attached to an aromatic ring is 1. The molecule has 186 valence electrons. The Labute approximate surface area is 211 Å². The predicted octanol–water partition coefficient (Wildman–Crippen LogP) is 5.85. The normalized spacial score (nSPS) is 11.0. The van der Waals surface area contributed by atoms with Gasteiger partial charge in [0.2, 0.25) is 0 Å². The Balaban J connectivity index is 1.55. The van der Waals surface area contributed by atoms with Crippen molar-refractivity contribution in [3.63, 3.8) is 0 Å². The number of nitrogens with two attached hydrogens (primary N) is 1. The van der Waals surface area contributed by atoms with Crippen molar-refractivity contribution in [1.29, 1.82) is 0 Å². The number of hydrogen-bond acceptors (Lipinski definition) is 6. The van der Waals surface area contributed by atoms with Crippen LogP contribution in [-0.4, -0.2) is 27.3 Å². The van der Waals surface area contributed by atoms with Gasteiger partial charge in [-0.05, 0) is 53.8 Å². The van der Waals surface area contributed by atoms with Gasteiger partial charge in [0.05, 0.1) is 25.1 Å². The van der Waals surface area contributed by atoms with Crippen LogP contribution < -0.4 is 10.5 Å². The Morgan fingerprint density at radius 2 is 1.67 bits per heavy atom. The lowest BCUT2D eigenvalue weighted by Gasteiger charge is -2.10. The van der Waals surface area contributed by atoms with E-state index >= 15 is 0 Å². The van der Waals surface area contributed by atoms with Crippen molar-refractivity contribution in [2.45, 2.75) is 46.3 Å². The van der Waals surface area contributed by atoms with E-state index in [1.807, 2.05) is 36.4 Å². The molecule has 2 aromatic carbocycles. The predicted molar refractivity (Wildman–Crippen MR) is 141 cm³/mol. The SMILES string of the molecule is CCOC(=O)CCn1nc(-c2ccncc2)c(-c2ccc(OCc3ccc(C(C)C)cc3)cc2)c1N. The van der Waals surface area contributed by atoms with E-state index in [1.165, 1.54) is 5.56 Å². The standard InChI is InChI=1S/C29H32N4O3/c1-4-35-26(34)15-18-33-29(30)27(28(32-33)24-13-16-31-17-14-24)23-9-11-25(12-10-23)36-19-21-5-7-22(8-6-21)20(2)3/h5-14,16-17,20H,4,15,18-19,30H2,1-3H3. The van der Waals surface area contributed by atoms with Crippen LogP contribution in [0.4, 0.5) is 5.82 Å². The van der Waals surface area contributed by atoms with Gasteiger partial charge in [-0.2, -0.15) is 5.10 Å². The number of hydrogen-bond donors (Lipinski definition) is 1. The fourth-order valence-electron chi connectivity index (χ4n) is 3.96. The van der Waals surface area contributed by atoms with E-state index in [9.17, 15) is 4.79 Å². The van der Waals surface area contributed by atoms with Gasteiger partial charge in [0.15, 0.2) is 0 Å². The first-order chi connectivity index (χ1) is 17.5. The zero-order valence-corrected chi connectivity index (χ0v) is 21.0. The van der Waals surface area contributed by atoms with E-state index in [2.05, 4.69) is 43.1 Å². The summed E-state index contributed by atoms with van der Waals surface area (Å²) in [4.78, 5) is 16.0. The van der Waals surface area contributed by atoms with E-state index in [0.717, 1.165) is 33.7 Å². The minimum absolute atomic E-state index is 0.194. The summed E-state index contributed by atoms with van der Waals surface area (Å²) in [6.45, 7) is 7.33. The van der Waals surface area contributed by atoms with Gasteiger partial charge in [-0.25, -0.2) is 4.68 Å². The van der Waals surface area contributed by atoms with E-state index in [1.54, 1.807) is 24.0 Å². The molecule has 0 radical (unpaired) electrons. The highest BCUT2D eigenvalue weighted by atomic mass is 16.5. The summed E-state index contributed by atoms with van der Waals surface area (Å²) in [5.74, 6) is 1.49. The minimum atomic E-state index is -0.278. The highest BCUT2D eigenvalue weighted by Crippen LogP contribution is 2.37. The van der Waals surface area contributed by atoms with Crippen LogP contribution in [0.25, 0.3) is 22.4 Å². The molecule has 0 saturated carbocycles. The Morgan fingerprint density at radius 1 is 0.972 bits per heavy atom. The number of nitrogens with zero attached hydrogens (tertiary/aromatic N) is 3. The molecule has 0 aliphatic rings. The molecule has 0 saturated heterocycles. The first kappa shape index (κ1) is 25.0. The van der Waals surface area contributed by atoms with Crippen molar-refractivity contribution < 1.29 is 14.3 Å². The number of carbonyl (C=O) groups excluding carboxylic acids is 1. The number of rotatable bonds is 10. The molecule has 2 aromatic heterocycles. The van der Waals surface area contributed by atoms with Crippen molar-refractivity contribution in [2.75, 3.05) is 12.3 Å². The van der Waals surface area contributed by atoms with Gasteiger partial charge in [-0.3, -0.25) is 9.78 Å². The average Bonchev–Trinajstić information content (AvgIpc) is 3.23. The van der Waals surface area contributed by atoms with Gasteiger partial charge in [-0.1, -0.05) is 50.2 Å². The summed E-state index contributed by atoms with van der Waals surface area (Å²) in [7, 11) is 0. The molecule has 0 bridgehead atoms. The van der Waals surface area contributed by atoms with Crippen LogP contribution >= 0.6 is 0 Å². The number of carbonyl (C=O) groups is 1. The maximum absolute atomic E-state index is 11.9. The molecule has 36 heavy (non-hydrogen) atoms. The van der Waals surface area contributed by atoms with Crippen molar-refractivity contribution in [1.82, 2.24) is 14.8 Å². The number of ether oxygens (including phenoxy) is 2. The second-order valence-electron chi connectivity index (χ2n) is 8.83. The zero-order chi connectivity index (χ0) is 25.5. The minimum Gasteiger partial charge on any atom is -0.489 e. The van der Waals surface area contributed by atoms with Crippen LogP contribution in [0.1, 0.15) is 44.2 Å². The first-order valence-corrected chi connectivity index (χ1v) is 12.2. The summed E-state index contributed by atoms with van der Waals surface area (Å²) < 4.78 is 12.7. The van der Waals surface area contributed by atoms with Crippen molar-refractivity contribution >= 4 is 11.8 Å². The second kappa shape index (κ2) is 11.5. The molecular formula is C29H32N4O3. The number of aromatic nitrogens is 3. The van der Waals surface area contributed by atoms with Crippen molar-refractivity contribution in [2.24, 2.45) is 0 Å². The average molecular weight is 485 g/mol. The molecule has 0 fully saturated rings. The molecule has 0 aliphatic carbocycles. The number of benzene rings is 2. The van der Waals surface area contributed by atoms with Crippen LogP contribution in [-0.2, 0) is 22.7 Å². The quantitative estimate of drug-likeness (QED) is 0.284. The van der Waals surface area contributed by atoms with Crippen molar-refractivity contribution in [3.05, 3.63) is 84.2 Å². The molecule has 0 atom stereocenters. The largest absolute Gasteiger partial charge is 0.489 e. The first-order valence-electron chi connectivity index (χ1n) is 12.2. The summed E-state index contributed by atoms with van der Waals surface area (Å²) in [6.07, 6.45) is 3.63. The van der Waals surface area contributed by atoms with Gasteiger partial charge >= 0.3 is 5.97 Å². The Hall–Kier alpha value is -4.13. The monoisotopic (exact) mass is 484 g/mol.